The zero-order valence-electron chi connectivity index (χ0n) is 16.6. The molecule has 0 N–H and O–H groups in total. The fourth-order valence-electron chi connectivity index (χ4n) is 4.56. The predicted octanol–water partition coefficient (Wildman–Crippen LogP) is 4.68. The number of aliphatic imine (C=N–C) groups is 2. The SMILES string of the molecule is CCOC(=O)C1CCC1C1CC(c2ccc(C)cc2C)N2C=C(Br)C=NC2=N1. The molecule has 1 aliphatic carbocycles. The number of ether oxygens (including phenoxy) is 1. The molecular formula is C22H26BrN3O2. The maximum absolute atomic E-state index is 12.3. The number of esters is 1. The highest BCUT2D eigenvalue weighted by Crippen LogP contribution is 2.45. The Labute approximate surface area is 174 Å². The van der Waals surface area contributed by atoms with Crippen molar-refractivity contribution in [2.24, 2.45) is 21.8 Å². The van der Waals surface area contributed by atoms with E-state index in [2.05, 4.69) is 64.1 Å². The van der Waals surface area contributed by atoms with Gasteiger partial charge in [0.15, 0.2) is 0 Å². The average Bonchev–Trinajstić information content (AvgIpc) is 2.61. The lowest BCUT2D eigenvalue weighted by molar-refractivity contribution is -0.155. The summed E-state index contributed by atoms with van der Waals surface area (Å²) in [6.07, 6.45) is 6.65. The second-order valence-electron chi connectivity index (χ2n) is 7.89. The molecule has 3 aliphatic rings. The Kier molecular flexibility index (Phi) is 5.41. The van der Waals surface area contributed by atoms with Gasteiger partial charge in [0.25, 0.3) is 0 Å². The van der Waals surface area contributed by atoms with E-state index in [0.717, 1.165) is 29.7 Å². The number of rotatable bonds is 4. The van der Waals surface area contributed by atoms with E-state index in [1.807, 2.05) is 6.92 Å². The number of fused-ring (bicyclic) bond motifs is 1. The molecule has 0 saturated heterocycles. The van der Waals surface area contributed by atoms with Crippen molar-refractivity contribution in [1.82, 2.24) is 4.90 Å². The minimum Gasteiger partial charge on any atom is -0.466 e. The Hall–Kier alpha value is -1.95. The van der Waals surface area contributed by atoms with E-state index < -0.39 is 0 Å². The van der Waals surface area contributed by atoms with Crippen molar-refractivity contribution in [2.75, 3.05) is 6.61 Å². The molecule has 1 aromatic rings. The van der Waals surface area contributed by atoms with E-state index in [9.17, 15) is 4.79 Å². The van der Waals surface area contributed by atoms with Crippen LogP contribution in [0.25, 0.3) is 0 Å². The van der Waals surface area contributed by atoms with Crippen LogP contribution in [0.4, 0.5) is 0 Å². The molecular weight excluding hydrogens is 418 g/mol. The molecule has 0 spiro atoms. The summed E-state index contributed by atoms with van der Waals surface area (Å²) in [4.78, 5) is 24.0. The highest BCUT2D eigenvalue weighted by Gasteiger charge is 2.46. The zero-order chi connectivity index (χ0) is 19.8. The Morgan fingerprint density at radius 1 is 1.32 bits per heavy atom. The molecule has 5 nitrogen and oxygen atoms in total. The summed E-state index contributed by atoms with van der Waals surface area (Å²) in [7, 11) is 0. The molecule has 4 unspecified atom stereocenters. The number of carbonyl (C=O) groups excluding carboxylic acids is 1. The van der Waals surface area contributed by atoms with Gasteiger partial charge in [-0.2, -0.15) is 0 Å². The molecule has 4 rings (SSSR count). The fraction of sp³-hybridized carbons (Fsp3) is 0.500. The van der Waals surface area contributed by atoms with E-state index in [4.69, 9.17) is 9.73 Å². The molecule has 28 heavy (non-hydrogen) atoms. The Morgan fingerprint density at radius 2 is 2.14 bits per heavy atom. The molecule has 0 bridgehead atoms. The normalized spacial score (nSPS) is 28.8. The number of allylic oxidation sites excluding steroid dienone is 1. The molecule has 2 aliphatic heterocycles. The largest absolute Gasteiger partial charge is 0.466 e. The van der Waals surface area contributed by atoms with Gasteiger partial charge in [-0.05, 0) is 73.0 Å². The summed E-state index contributed by atoms with van der Waals surface area (Å²) in [5, 5.41) is 0. The van der Waals surface area contributed by atoms with Crippen molar-refractivity contribution >= 4 is 34.1 Å². The van der Waals surface area contributed by atoms with Crippen LogP contribution in [0.5, 0.6) is 0 Å². The van der Waals surface area contributed by atoms with Crippen LogP contribution in [-0.4, -0.2) is 35.7 Å². The molecule has 0 amide bonds. The Morgan fingerprint density at radius 3 is 2.82 bits per heavy atom. The lowest BCUT2D eigenvalue weighted by Crippen LogP contribution is -2.46. The van der Waals surface area contributed by atoms with Crippen molar-refractivity contribution in [1.29, 1.82) is 0 Å². The van der Waals surface area contributed by atoms with Crippen LogP contribution in [0.1, 0.15) is 48.9 Å². The number of guanidine groups is 1. The number of aryl methyl sites for hydroxylation is 2. The highest BCUT2D eigenvalue weighted by molar-refractivity contribution is 9.12. The van der Waals surface area contributed by atoms with Crippen molar-refractivity contribution < 1.29 is 9.53 Å². The van der Waals surface area contributed by atoms with E-state index in [1.54, 1.807) is 6.21 Å². The van der Waals surface area contributed by atoms with Crippen LogP contribution < -0.4 is 0 Å². The number of hydrogen-bond acceptors (Lipinski definition) is 5. The van der Waals surface area contributed by atoms with Gasteiger partial charge in [-0.1, -0.05) is 23.8 Å². The second-order valence-corrected chi connectivity index (χ2v) is 8.80. The van der Waals surface area contributed by atoms with Gasteiger partial charge in [0.1, 0.15) is 0 Å². The first-order chi connectivity index (χ1) is 13.5. The van der Waals surface area contributed by atoms with E-state index in [1.165, 1.54) is 16.7 Å². The van der Waals surface area contributed by atoms with Gasteiger partial charge in [0.2, 0.25) is 5.96 Å². The van der Waals surface area contributed by atoms with Crippen LogP contribution in [0.15, 0.2) is 38.9 Å². The van der Waals surface area contributed by atoms with Crippen LogP contribution >= 0.6 is 15.9 Å². The first-order valence-corrected chi connectivity index (χ1v) is 10.8. The molecule has 0 radical (unpaired) electrons. The second kappa shape index (κ2) is 7.82. The predicted molar refractivity (Wildman–Crippen MR) is 115 cm³/mol. The quantitative estimate of drug-likeness (QED) is 0.634. The van der Waals surface area contributed by atoms with Gasteiger partial charge in [0.05, 0.1) is 29.1 Å². The first kappa shape index (κ1) is 19.4. The van der Waals surface area contributed by atoms with Crippen LogP contribution in [0.2, 0.25) is 0 Å². The summed E-state index contributed by atoms with van der Waals surface area (Å²) in [6, 6.07) is 6.86. The summed E-state index contributed by atoms with van der Waals surface area (Å²) >= 11 is 3.55. The van der Waals surface area contributed by atoms with Gasteiger partial charge < -0.3 is 9.64 Å². The maximum Gasteiger partial charge on any atom is 0.309 e. The molecule has 6 heteroatoms. The van der Waals surface area contributed by atoms with E-state index in [0.29, 0.717) is 6.61 Å². The standard InChI is InChI=1S/C22H26BrN3O2/c1-4-28-21(27)18-8-7-17(18)19-10-20(16-6-5-13(2)9-14(16)3)26-12-15(23)11-24-22(26)25-19/h5-6,9,11-12,17-20H,4,7-8,10H2,1-3H3. The van der Waals surface area contributed by atoms with Crippen molar-refractivity contribution in [2.45, 2.75) is 52.1 Å². The van der Waals surface area contributed by atoms with Crippen LogP contribution in [0, 0.1) is 25.7 Å². The summed E-state index contributed by atoms with van der Waals surface area (Å²) < 4.78 is 6.23. The molecule has 1 aromatic carbocycles. The smallest absolute Gasteiger partial charge is 0.309 e. The molecule has 4 atom stereocenters. The number of hydrogen-bond donors (Lipinski definition) is 0. The monoisotopic (exact) mass is 443 g/mol. The minimum absolute atomic E-state index is 0.0320. The number of halogens is 1. The Bertz CT molecular complexity index is 877. The van der Waals surface area contributed by atoms with Gasteiger partial charge >= 0.3 is 5.97 Å². The van der Waals surface area contributed by atoms with Gasteiger partial charge in [-0.25, -0.2) is 9.98 Å². The summed E-state index contributed by atoms with van der Waals surface area (Å²) in [5.74, 6) is 0.875. The van der Waals surface area contributed by atoms with E-state index >= 15 is 0 Å². The van der Waals surface area contributed by atoms with Crippen molar-refractivity contribution in [3.05, 3.63) is 45.6 Å². The van der Waals surface area contributed by atoms with Crippen LogP contribution in [0.3, 0.4) is 0 Å². The third-order valence-electron chi connectivity index (χ3n) is 6.07. The van der Waals surface area contributed by atoms with Gasteiger partial charge in [0, 0.05) is 12.4 Å². The molecule has 2 heterocycles. The zero-order valence-corrected chi connectivity index (χ0v) is 18.1. The molecule has 1 saturated carbocycles. The van der Waals surface area contributed by atoms with Gasteiger partial charge in [-0.3, -0.25) is 4.79 Å². The molecule has 148 valence electrons. The average molecular weight is 444 g/mol. The van der Waals surface area contributed by atoms with Crippen molar-refractivity contribution in [3.8, 4) is 0 Å². The summed E-state index contributed by atoms with van der Waals surface area (Å²) in [5.41, 5.74) is 3.83. The number of carbonyl (C=O) groups is 1. The lowest BCUT2D eigenvalue weighted by atomic mass is 9.68. The third kappa shape index (κ3) is 3.54. The van der Waals surface area contributed by atoms with Crippen molar-refractivity contribution in [3.63, 3.8) is 0 Å². The number of benzene rings is 1. The molecule has 0 aromatic heterocycles. The van der Waals surface area contributed by atoms with Crippen LogP contribution in [-0.2, 0) is 9.53 Å². The molecule has 1 fully saturated rings. The fourth-order valence-corrected chi connectivity index (χ4v) is 4.88. The summed E-state index contributed by atoms with van der Waals surface area (Å²) in [6.45, 7) is 6.58. The van der Waals surface area contributed by atoms with Gasteiger partial charge in [-0.15, -0.1) is 0 Å². The Balaban J connectivity index is 1.67. The number of nitrogens with zero attached hydrogens (tertiary/aromatic N) is 3. The minimum atomic E-state index is -0.0702. The first-order valence-electron chi connectivity index (χ1n) is 9.99. The highest BCUT2D eigenvalue weighted by atomic mass is 79.9. The topological polar surface area (TPSA) is 54.3 Å². The third-order valence-corrected chi connectivity index (χ3v) is 6.48. The lowest BCUT2D eigenvalue weighted by Gasteiger charge is -2.45. The van der Waals surface area contributed by atoms with E-state index in [-0.39, 0.29) is 29.9 Å². The maximum atomic E-state index is 12.3.